The fourth-order valence-electron chi connectivity index (χ4n) is 3.98. The molecule has 12 heteroatoms. The van der Waals surface area contributed by atoms with Crippen molar-refractivity contribution in [1.82, 2.24) is 4.31 Å². The number of benzene rings is 3. The molecule has 3 aromatic rings. The molecule has 0 aliphatic carbocycles. The number of hydrogen-bond donors (Lipinski definition) is 1. The maximum atomic E-state index is 13.4. The molecule has 3 aromatic carbocycles. The van der Waals surface area contributed by atoms with E-state index in [9.17, 15) is 26.4 Å². The molecule has 37 heavy (non-hydrogen) atoms. The molecule has 0 atom stereocenters. The molecule has 4 rings (SSSR count). The number of methoxy groups -OCH3 is 1. The van der Waals surface area contributed by atoms with Gasteiger partial charge < -0.3 is 15.0 Å². The van der Waals surface area contributed by atoms with Crippen LogP contribution in [0.5, 0.6) is 5.75 Å². The molecule has 1 N–H and O–H groups in total. The average Bonchev–Trinajstić information content (AvgIpc) is 2.88. The van der Waals surface area contributed by atoms with Gasteiger partial charge in [0.25, 0.3) is 5.91 Å². The summed E-state index contributed by atoms with van der Waals surface area (Å²) in [6.07, 6.45) is -4.46. The van der Waals surface area contributed by atoms with Crippen molar-refractivity contribution >= 4 is 38.9 Å². The van der Waals surface area contributed by atoms with Gasteiger partial charge in [0.15, 0.2) is 0 Å². The summed E-state index contributed by atoms with van der Waals surface area (Å²) < 4.78 is 72.5. The van der Waals surface area contributed by atoms with Crippen LogP contribution in [0, 0.1) is 0 Å². The van der Waals surface area contributed by atoms with E-state index in [2.05, 4.69) is 5.32 Å². The third-order valence-corrected chi connectivity index (χ3v) is 8.05. The van der Waals surface area contributed by atoms with Gasteiger partial charge >= 0.3 is 6.18 Å². The second-order valence-electron chi connectivity index (χ2n) is 8.27. The smallest absolute Gasteiger partial charge is 0.416 e. The molecule has 1 fully saturated rings. The number of halogens is 4. The number of anilines is 2. The van der Waals surface area contributed by atoms with E-state index in [4.69, 9.17) is 16.3 Å². The van der Waals surface area contributed by atoms with Gasteiger partial charge in [-0.1, -0.05) is 23.7 Å². The maximum Gasteiger partial charge on any atom is 0.416 e. The normalized spacial score (nSPS) is 14.9. The Morgan fingerprint density at radius 2 is 1.68 bits per heavy atom. The Balaban J connectivity index is 1.51. The first kappa shape index (κ1) is 26.8. The molecule has 196 valence electrons. The van der Waals surface area contributed by atoms with Crippen LogP contribution in [0.1, 0.15) is 15.9 Å². The Labute approximate surface area is 217 Å². The minimum atomic E-state index is -4.46. The lowest BCUT2D eigenvalue weighted by molar-refractivity contribution is -0.137. The van der Waals surface area contributed by atoms with Crippen molar-refractivity contribution in [2.75, 3.05) is 43.5 Å². The van der Waals surface area contributed by atoms with Crippen LogP contribution in [-0.2, 0) is 16.2 Å². The molecule has 1 saturated heterocycles. The molecule has 0 spiro atoms. The van der Waals surface area contributed by atoms with Crippen molar-refractivity contribution in [3.8, 4) is 5.75 Å². The van der Waals surface area contributed by atoms with Crippen LogP contribution in [0.3, 0.4) is 0 Å². The number of nitrogens with one attached hydrogen (secondary N) is 1. The molecule has 0 saturated carbocycles. The minimum absolute atomic E-state index is 0.0535. The number of carbonyl (C=O) groups excluding carboxylic acids is 1. The lowest BCUT2D eigenvalue weighted by Crippen LogP contribution is -2.48. The Morgan fingerprint density at radius 1 is 0.973 bits per heavy atom. The first-order chi connectivity index (χ1) is 17.5. The van der Waals surface area contributed by atoms with E-state index in [-0.39, 0.29) is 48.1 Å². The molecule has 1 amide bonds. The van der Waals surface area contributed by atoms with Gasteiger partial charge in [-0.2, -0.15) is 17.5 Å². The summed E-state index contributed by atoms with van der Waals surface area (Å²) in [7, 11) is -2.56. The summed E-state index contributed by atoms with van der Waals surface area (Å²) in [4.78, 5) is 14.4. The molecule has 1 aliphatic rings. The molecular formula is C25H23ClF3N3O4S. The van der Waals surface area contributed by atoms with Gasteiger partial charge in [0.2, 0.25) is 10.0 Å². The van der Waals surface area contributed by atoms with E-state index in [0.717, 1.165) is 12.1 Å². The van der Waals surface area contributed by atoms with Crippen LogP contribution >= 0.6 is 11.6 Å². The van der Waals surface area contributed by atoms with Crippen LogP contribution in [0.2, 0.25) is 5.02 Å². The summed E-state index contributed by atoms with van der Waals surface area (Å²) in [5, 5.41) is 3.04. The number of amides is 1. The number of alkyl halides is 3. The van der Waals surface area contributed by atoms with Gasteiger partial charge in [-0.15, -0.1) is 0 Å². The topological polar surface area (TPSA) is 79.0 Å². The second-order valence-corrected chi connectivity index (χ2v) is 10.6. The van der Waals surface area contributed by atoms with Crippen LogP contribution in [0.25, 0.3) is 0 Å². The fraction of sp³-hybridized carbons (Fsp3) is 0.240. The number of nitrogens with zero attached hydrogens (tertiary/aromatic N) is 2. The van der Waals surface area contributed by atoms with Crippen molar-refractivity contribution in [3.63, 3.8) is 0 Å². The van der Waals surface area contributed by atoms with Crippen molar-refractivity contribution in [3.05, 3.63) is 82.9 Å². The predicted octanol–water partition coefficient (Wildman–Crippen LogP) is 5.13. The third kappa shape index (κ3) is 6.00. The van der Waals surface area contributed by atoms with Crippen LogP contribution in [-0.4, -0.2) is 51.9 Å². The average molecular weight is 554 g/mol. The zero-order valence-corrected chi connectivity index (χ0v) is 21.2. The Kier molecular flexibility index (Phi) is 7.67. The van der Waals surface area contributed by atoms with Crippen molar-refractivity contribution in [2.24, 2.45) is 0 Å². The number of piperazine rings is 1. The summed E-state index contributed by atoms with van der Waals surface area (Å²) in [5.74, 6) is -0.228. The fourth-order valence-corrected chi connectivity index (χ4v) is 5.62. The molecule has 0 bridgehead atoms. The summed E-state index contributed by atoms with van der Waals surface area (Å²) in [6.45, 7) is 0.591. The van der Waals surface area contributed by atoms with E-state index >= 15 is 0 Å². The first-order valence-corrected chi connectivity index (χ1v) is 13.0. The van der Waals surface area contributed by atoms with E-state index in [1.54, 1.807) is 29.2 Å². The number of hydrogen-bond acceptors (Lipinski definition) is 5. The summed E-state index contributed by atoms with van der Waals surface area (Å²) in [6, 6.07) is 15.4. The number of carbonyl (C=O) groups is 1. The lowest BCUT2D eigenvalue weighted by Gasteiger charge is -2.35. The predicted molar refractivity (Wildman–Crippen MR) is 135 cm³/mol. The van der Waals surface area contributed by atoms with E-state index in [1.165, 1.54) is 41.7 Å². The van der Waals surface area contributed by atoms with Gasteiger partial charge in [0, 0.05) is 42.5 Å². The van der Waals surface area contributed by atoms with Gasteiger partial charge in [-0.3, -0.25) is 4.79 Å². The third-order valence-electron chi connectivity index (χ3n) is 5.92. The maximum absolute atomic E-state index is 13.4. The largest absolute Gasteiger partial charge is 0.495 e. The molecular weight excluding hydrogens is 531 g/mol. The highest BCUT2D eigenvalue weighted by atomic mass is 35.5. The van der Waals surface area contributed by atoms with Crippen molar-refractivity contribution in [2.45, 2.75) is 11.1 Å². The zero-order chi connectivity index (χ0) is 26.8. The number of ether oxygens (including phenoxy) is 1. The Bertz CT molecular complexity index is 1410. The van der Waals surface area contributed by atoms with E-state index in [0.29, 0.717) is 10.7 Å². The Hall–Kier alpha value is -3.28. The molecule has 7 nitrogen and oxygen atoms in total. The highest BCUT2D eigenvalue weighted by Crippen LogP contribution is 2.33. The molecule has 1 heterocycles. The van der Waals surface area contributed by atoms with Gasteiger partial charge in [0.1, 0.15) is 5.75 Å². The van der Waals surface area contributed by atoms with Crippen LogP contribution in [0.15, 0.2) is 71.6 Å². The van der Waals surface area contributed by atoms with Gasteiger partial charge in [-0.05, 0) is 54.6 Å². The lowest BCUT2D eigenvalue weighted by atomic mass is 10.1. The minimum Gasteiger partial charge on any atom is -0.495 e. The van der Waals surface area contributed by atoms with Crippen LogP contribution < -0.4 is 15.0 Å². The zero-order valence-electron chi connectivity index (χ0n) is 19.6. The quantitative estimate of drug-likeness (QED) is 0.458. The summed E-state index contributed by atoms with van der Waals surface area (Å²) >= 11 is 5.96. The standard InChI is InChI=1S/C25H23ClF3N3O4S/c1-36-23-9-8-21(16-22(23)30-24(33)17-4-2-6-19(26)14-17)37(34,35)32-12-10-31(11-13-32)20-7-3-5-18(15-20)25(27,28)29/h2-9,14-16H,10-13H2,1H3,(H,30,33). The monoisotopic (exact) mass is 553 g/mol. The second kappa shape index (κ2) is 10.6. The first-order valence-electron chi connectivity index (χ1n) is 11.2. The van der Waals surface area contributed by atoms with Gasteiger partial charge in [-0.25, -0.2) is 8.42 Å². The van der Waals surface area contributed by atoms with Crippen molar-refractivity contribution in [1.29, 1.82) is 0 Å². The van der Waals surface area contributed by atoms with Gasteiger partial charge in [0.05, 0.1) is 23.3 Å². The van der Waals surface area contributed by atoms with E-state index in [1.807, 2.05) is 0 Å². The highest BCUT2D eigenvalue weighted by Gasteiger charge is 2.32. The number of rotatable bonds is 6. The molecule has 0 aromatic heterocycles. The number of sulfonamides is 1. The molecule has 1 aliphatic heterocycles. The van der Waals surface area contributed by atoms with E-state index < -0.39 is 27.7 Å². The molecule has 0 radical (unpaired) electrons. The Morgan fingerprint density at radius 3 is 2.32 bits per heavy atom. The SMILES string of the molecule is COc1ccc(S(=O)(=O)N2CCN(c3cccc(C(F)(F)F)c3)CC2)cc1NC(=O)c1cccc(Cl)c1. The highest BCUT2D eigenvalue weighted by molar-refractivity contribution is 7.89. The molecule has 0 unspecified atom stereocenters. The van der Waals surface area contributed by atoms with Crippen LogP contribution in [0.4, 0.5) is 24.5 Å². The summed E-state index contributed by atoms with van der Waals surface area (Å²) in [5.41, 5.74) is 0.0673. The van der Waals surface area contributed by atoms with Crippen molar-refractivity contribution < 1.29 is 31.1 Å².